The number of aryl methyl sites for hydroxylation is 1. The van der Waals surface area contributed by atoms with E-state index in [1.807, 2.05) is 19.2 Å². The van der Waals surface area contributed by atoms with E-state index in [2.05, 4.69) is 15.0 Å². The van der Waals surface area contributed by atoms with Crippen molar-refractivity contribution in [3.8, 4) is 0 Å². The van der Waals surface area contributed by atoms with E-state index >= 15 is 0 Å². The third-order valence-corrected chi connectivity index (χ3v) is 1.54. The molecule has 0 bridgehead atoms. The molecule has 3 nitrogen and oxygen atoms in total. The first-order chi connectivity index (χ1) is 4.88. The normalized spacial score (nSPS) is 10.5. The van der Waals surface area contributed by atoms with Gasteiger partial charge in [0.15, 0.2) is 0 Å². The van der Waals surface area contributed by atoms with Crippen molar-refractivity contribution in [2.75, 3.05) is 0 Å². The Hall–Kier alpha value is -1.38. The molecule has 50 valence electrons. The van der Waals surface area contributed by atoms with Gasteiger partial charge in [-0.25, -0.2) is 9.97 Å². The third-order valence-electron chi connectivity index (χ3n) is 1.54. The molecule has 0 amide bonds. The van der Waals surface area contributed by atoms with Gasteiger partial charge in [0, 0.05) is 6.20 Å². The lowest BCUT2D eigenvalue weighted by Gasteiger charge is -1.90. The van der Waals surface area contributed by atoms with Crippen molar-refractivity contribution in [3.63, 3.8) is 0 Å². The van der Waals surface area contributed by atoms with Gasteiger partial charge in [0.05, 0.1) is 16.7 Å². The third kappa shape index (κ3) is 0.603. The predicted octanol–water partition coefficient (Wildman–Crippen LogP) is 1.27. The van der Waals surface area contributed by atoms with E-state index in [1.54, 1.807) is 6.33 Å². The minimum Gasteiger partial charge on any atom is -0.358 e. The molecule has 2 aromatic rings. The predicted molar refractivity (Wildman–Crippen MR) is 38.6 cm³/mol. The van der Waals surface area contributed by atoms with Gasteiger partial charge in [-0.2, -0.15) is 0 Å². The molecule has 0 aliphatic heterocycles. The number of aromatic amines is 1. The van der Waals surface area contributed by atoms with Crippen LogP contribution >= 0.6 is 0 Å². The lowest BCUT2D eigenvalue weighted by atomic mass is 10.4. The van der Waals surface area contributed by atoms with Crippen molar-refractivity contribution < 1.29 is 0 Å². The van der Waals surface area contributed by atoms with E-state index in [9.17, 15) is 0 Å². The molecule has 0 aliphatic carbocycles. The first-order valence-electron chi connectivity index (χ1n) is 3.12. The molecule has 0 saturated heterocycles. The summed E-state index contributed by atoms with van der Waals surface area (Å²) >= 11 is 0. The van der Waals surface area contributed by atoms with Gasteiger partial charge < -0.3 is 4.98 Å². The van der Waals surface area contributed by atoms with Crippen LogP contribution in [0.5, 0.6) is 0 Å². The van der Waals surface area contributed by atoms with Gasteiger partial charge in [0.2, 0.25) is 0 Å². The van der Waals surface area contributed by atoms with Crippen LogP contribution in [0, 0.1) is 6.92 Å². The highest BCUT2D eigenvalue weighted by molar-refractivity contribution is 5.76. The van der Waals surface area contributed by atoms with Crippen molar-refractivity contribution in [2.45, 2.75) is 6.92 Å². The quantitative estimate of drug-likeness (QED) is 0.588. The second kappa shape index (κ2) is 1.80. The van der Waals surface area contributed by atoms with Crippen molar-refractivity contribution in [1.82, 2.24) is 15.0 Å². The number of hydrogen-bond donors (Lipinski definition) is 1. The molecular weight excluding hydrogens is 126 g/mol. The molecule has 3 heteroatoms. The molecule has 0 saturated carbocycles. The molecule has 0 spiro atoms. The molecule has 2 rings (SSSR count). The Bertz CT molecular complexity index is 350. The maximum absolute atomic E-state index is 4.06. The highest BCUT2D eigenvalue weighted by Gasteiger charge is 1.96. The minimum atomic E-state index is 0.979. The fourth-order valence-electron chi connectivity index (χ4n) is 1.00. The fourth-order valence-corrected chi connectivity index (χ4v) is 1.00. The van der Waals surface area contributed by atoms with E-state index in [4.69, 9.17) is 0 Å². The lowest BCUT2D eigenvalue weighted by molar-refractivity contribution is 1.14. The molecular formula is C7H7N3. The second-order valence-electron chi connectivity index (χ2n) is 2.20. The summed E-state index contributed by atoms with van der Waals surface area (Å²) in [6.07, 6.45) is 3.44. The van der Waals surface area contributed by atoms with Crippen LogP contribution in [0.2, 0.25) is 0 Å². The van der Waals surface area contributed by atoms with Crippen LogP contribution in [0.25, 0.3) is 11.0 Å². The summed E-state index contributed by atoms with van der Waals surface area (Å²) in [5, 5.41) is 0. The van der Waals surface area contributed by atoms with E-state index in [1.165, 1.54) is 0 Å². The zero-order chi connectivity index (χ0) is 6.97. The summed E-state index contributed by atoms with van der Waals surface area (Å²) in [5.74, 6) is 0. The number of nitrogens with zero attached hydrogens (tertiary/aromatic N) is 2. The van der Waals surface area contributed by atoms with Crippen LogP contribution in [0.4, 0.5) is 0 Å². The van der Waals surface area contributed by atoms with Gasteiger partial charge in [-0.15, -0.1) is 0 Å². The molecule has 0 radical (unpaired) electrons. The highest BCUT2D eigenvalue weighted by Crippen LogP contribution is 2.09. The summed E-state index contributed by atoms with van der Waals surface area (Å²) in [5.41, 5.74) is 3.00. The zero-order valence-electron chi connectivity index (χ0n) is 5.63. The highest BCUT2D eigenvalue weighted by atomic mass is 14.9. The maximum Gasteiger partial charge on any atom is 0.116 e. The Morgan fingerprint density at radius 1 is 1.40 bits per heavy atom. The molecule has 2 heterocycles. The minimum absolute atomic E-state index is 0.979. The van der Waals surface area contributed by atoms with Crippen LogP contribution < -0.4 is 0 Å². The molecule has 0 unspecified atom stereocenters. The summed E-state index contributed by atoms with van der Waals surface area (Å²) in [6.45, 7) is 1.96. The molecule has 0 aromatic carbocycles. The number of hydrogen-bond acceptors (Lipinski definition) is 2. The summed E-state index contributed by atoms with van der Waals surface area (Å²) in [7, 11) is 0. The molecule has 1 N–H and O–H groups in total. The van der Waals surface area contributed by atoms with Gasteiger partial charge in [-0.05, 0) is 13.0 Å². The van der Waals surface area contributed by atoms with Gasteiger partial charge in [-0.1, -0.05) is 0 Å². The molecule has 2 aromatic heterocycles. The Kier molecular flexibility index (Phi) is 0.974. The standard InChI is InChI=1S/C7H7N3/c1-5-7-6(2-3-8-7)10-4-9-5/h2-4,8H,1H3. The number of rotatable bonds is 0. The van der Waals surface area contributed by atoms with E-state index in [0.717, 1.165) is 16.7 Å². The van der Waals surface area contributed by atoms with Crippen LogP contribution in [0.3, 0.4) is 0 Å². The Labute approximate surface area is 58.1 Å². The van der Waals surface area contributed by atoms with Crippen LogP contribution in [-0.4, -0.2) is 15.0 Å². The van der Waals surface area contributed by atoms with E-state index < -0.39 is 0 Å². The maximum atomic E-state index is 4.06. The van der Waals surface area contributed by atoms with Crippen molar-refractivity contribution in [3.05, 3.63) is 24.3 Å². The van der Waals surface area contributed by atoms with E-state index in [0.29, 0.717) is 0 Å². The van der Waals surface area contributed by atoms with Gasteiger partial charge in [0.25, 0.3) is 0 Å². The summed E-state index contributed by atoms with van der Waals surface area (Å²) in [4.78, 5) is 11.2. The van der Waals surface area contributed by atoms with E-state index in [-0.39, 0.29) is 0 Å². The molecule has 0 atom stereocenters. The van der Waals surface area contributed by atoms with Crippen LogP contribution in [0.15, 0.2) is 18.6 Å². The first kappa shape index (κ1) is 5.41. The molecule has 0 fully saturated rings. The monoisotopic (exact) mass is 133 g/mol. The van der Waals surface area contributed by atoms with Crippen LogP contribution in [0.1, 0.15) is 5.69 Å². The lowest BCUT2D eigenvalue weighted by Crippen LogP contribution is -1.83. The van der Waals surface area contributed by atoms with Gasteiger partial charge >= 0.3 is 0 Å². The number of aromatic nitrogens is 3. The SMILES string of the molecule is Cc1ncnc2cc[nH]c12. The molecule has 0 aliphatic rings. The fraction of sp³-hybridized carbons (Fsp3) is 0.143. The number of H-pyrrole nitrogens is 1. The topological polar surface area (TPSA) is 41.6 Å². The average molecular weight is 133 g/mol. The summed E-state index contributed by atoms with van der Waals surface area (Å²) < 4.78 is 0. The first-order valence-corrected chi connectivity index (χ1v) is 3.12. The largest absolute Gasteiger partial charge is 0.358 e. The van der Waals surface area contributed by atoms with Crippen molar-refractivity contribution in [2.24, 2.45) is 0 Å². The second-order valence-corrected chi connectivity index (χ2v) is 2.20. The Balaban J connectivity index is 2.95. The summed E-state index contributed by atoms with van der Waals surface area (Å²) in [6, 6.07) is 1.93. The Morgan fingerprint density at radius 3 is 3.10 bits per heavy atom. The van der Waals surface area contributed by atoms with Crippen molar-refractivity contribution >= 4 is 11.0 Å². The van der Waals surface area contributed by atoms with Gasteiger partial charge in [-0.3, -0.25) is 0 Å². The van der Waals surface area contributed by atoms with Gasteiger partial charge in [0.1, 0.15) is 6.33 Å². The average Bonchev–Trinajstić information content (AvgIpc) is 2.36. The number of fused-ring (bicyclic) bond motifs is 1. The van der Waals surface area contributed by atoms with Crippen LogP contribution in [-0.2, 0) is 0 Å². The molecule has 10 heavy (non-hydrogen) atoms. The smallest absolute Gasteiger partial charge is 0.116 e. The Morgan fingerprint density at radius 2 is 2.30 bits per heavy atom. The van der Waals surface area contributed by atoms with Crippen molar-refractivity contribution in [1.29, 1.82) is 0 Å². The zero-order valence-corrected chi connectivity index (χ0v) is 5.63. The number of nitrogens with one attached hydrogen (secondary N) is 1.